The van der Waals surface area contributed by atoms with Crippen LogP contribution in [0.4, 0.5) is 13.2 Å². The summed E-state index contributed by atoms with van der Waals surface area (Å²) in [6.07, 6.45) is -4.92. The molecule has 0 spiro atoms. The summed E-state index contributed by atoms with van der Waals surface area (Å²) in [7, 11) is 0. The van der Waals surface area contributed by atoms with Crippen LogP contribution in [0.15, 0.2) is 41.8 Å². The van der Waals surface area contributed by atoms with E-state index in [2.05, 4.69) is 10.1 Å². The summed E-state index contributed by atoms with van der Waals surface area (Å²) in [5.74, 6) is -1.97. The van der Waals surface area contributed by atoms with Crippen LogP contribution in [-0.4, -0.2) is 39.4 Å². The van der Waals surface area contributed by atoms with Crippen molar-refractivity contribution >= 4 is 23.3 Å². The number of aromatic nitrogens is 3. The van der Waals surface area contributed by atoms with Crippen LogP contribution in [0.5, 0.6) is 0 Å². The van der Waals surface area contributed by atoms with Gasteiger partial charge in [-0.2, -0.15) is 18.2 Å². The maximum absolute atomic E-state index is 13.1. The Labute approximate surface area is 173 Å². The number of halogens is 3. The van der Waals surface area contributed by atoms with Gasteiger partial charge in [-0.3, -0.25) is 0 Å². The van der Waals surface area contributed by atoms with E-state index in [-0.39, 0.29) is 17.6 Å². The van der Waals surface area contributed by atoms with Gasteiger partial charge in [-0.15, -0.1) is 16.4 Å². The summed E-state index contributed by atoms with van der Waals surface area (Å²) < 4.78 is 50.2. The standard InChI is InChI=1S/C19H16F3N3O4S/c1-11(2)29-15(26)10-28-18(27)16-23-17(14-7-4-8-30-14)25(24-16)13-6-3-5-12(9-13)19(20,21)22/h3-9,11H,10H2,1-2H3. The third-order valence-corrected chi connectivity index (χ3v) is 4.50. The average Bonchev–Trinajstić information content (AvgIpc) is 3.34. The predicted molar refractivity (Wildman–Crippen MR) is 101 cm³/mol. The highest BCUT2D eigenvalue weighted by molar-refractivity contribution is 7.13. The van der Waals surface area contributed by atoms with Crippen LogP contribution in [0.25, 0.3) is 16.4 Å². The summed E-state index contributed by atoms with van der Waals surface area (Å²) in [5, 5.41) is 5.77. The van der Waals surface area contributed by atoms with E-state index in [4.69, 9.17) is 9.47 Å². The maximum Gasteiger partial charge on any atom is 0.416 e. The molecule has 2 aromatic heterocycles. The van der Waals surface area contributed by atoms with Gasteiger partial charge in [0, 0.05) is 0 Å². The second kappa shape index (κ2) is 8.66. The molecule has 0 amide bonds. The lowest BCUT2D eigenvalue weighted by molar-refractivity contribution is -0.151. The summed E-state index contributed by atoms with van der Waals surface area (Å²) in [6, 6.07) is 7.90. The molecule has 0 aliphatic heterocycles. The molecule has 7 nitrogen and oxygen atoms in total. The first-order chi connectivity index (χ1) is 14.1. The Morgan fingerprint density at radius 3 is 2.60 bits per heavy atom. The van der Waals surface area contributed by atoms with Gasteiger partial charge in [0.15, 0.2) is 12.4 Å². The predicted octanol–water partition coefficient (Wildman–Crippen LogP) is 4.12. The first-order valence-electron chi connectivity index (χ1n) is 8.70. The first-order valence-corrected chi connectivity index (χ1v) is 9.58. The molecule has 0 N–H and O–H groups in total. The van der Waals surface area contributed by atoms with Gasteiger partial charge in [0.2, 0.25) is 0 Å². The van der Waals surface area contributed by atoms with E-state index in [0.717, 1.165) is 16.8 Å². The molecular formula is C19H16F3N3O4S. The fourth-order valence-corrected chi connectivity index (χ4v) is 3.14. The van der Waals surface area contributed by atoms with Gasteiger partial charge in [0.05, 0.1) is 22.2 Å². The fraction of sp³-hybridized carbons (Fsp3) is 0.263. The van der Waals surface area contributed by atoms with Crippen molar-refractivity contribution < 1.29 is 32.2 Å². The highest BCUT2D eigenvalue weighted by Crippen LogP contribution is 2.32. The SMILES string of the molecule is CC(C)OC(=O)COC(=O)c1nc(-c2cccs2)n(-c2cccc(C(F)(F)F)c2)n1. The van der Waals surface area contributed by atoms with Crippen LogP contribution < -0.4 is 0 Å². The molecule has 0 bridgehead atoms. The number of alkyl halides is 3. The summed E-state index contributed by atoms with van der Waals surface area (Å²) in [5.41, 5.74) is -0.799. The summed E-state index contributed by atoms with van der Waals surface area (Å²) in [4.78, 5) is 28.5. The van der Waals surface area contributed by atoms with E-state index in [1.165, 1.54) is 23.5 Å². The Morgan fingerprint density at radius 2 is 1.97 bits per heavy atom. The van der Waals surface area contributed by atoms with E-state index in [0.29, 0.717) is 4.88 Å². The molecule has 0 aliphatic carbocycles. The van der Waals surface area contributed by atoms with Crippen LogP contribution in [0, 0.1) is 0 Å². The zero-order valence-electron chi connectivity index (χ0n) is 15.8. The van der Waals surface area contributed by atoms with Gasteiger partial charge in [0.25, 0.3) is 5.82 Å². The van der Waals surface area contributed by atoms with E-state index in [9.17, 15) is 22.8 Å². The topological polar surface area (TPSA) is 83.3 Å². The van der Waals surface area contributed by atoms with Crippen molar-refractivity contribution in [3.05, 3.63) is 53.2 Å². The molecule has 30 heavy (non-hydrogen) atoms. The monoisotopic (exact) mass is 439 g/mol. The second-order valence-corrected chi connectivity index (χ2v) is 7.26. The van der Waals surface area contributed by atoms with Crippen molar-refractivity contribution in [1.82, 2.24) is 14.8 Å². The highest BCUT2D eigenvalue weighted by Gasteiger charge is 2.31. The van der Waals surface area contributed by atoms with E-state index >= 15 is 0 Å². The molecule has 0 saturated heterocycles. The maximum atomic E-state index is 13.1. The minimum absolute atomic E-state index is 0.0685. The molecule has 0 fully saturated rings. The Bertz CT molecular complexity index is 1050. The van der Waals surface area contributed by atoms with Crippen LogP contribution in [0.1, 0.15) is 30.0 Å². The van der Waals surface area contributed by atoms with Gasteiger partial charge in [0.1, 0.15) is 0 Å². The fourth-order valence-electron chi connectivity index (χ4n) is 2.44. The van der Waals surface area contributed by atoms with Crippen LogP contribution in [-0.2, 0) is 20.4 Å². The molecule has 0 radical (unpaired) electrons. The number of benzene rings is 1. The summed E-state index contributed by atoms with van der Waals surface area (Å²) in [6.45, 7) is 2.65. The molecule has 158 valence electrons. The third-order valence-electron chi connectivity index (χ3n) is 3.64. The van der Waals surface area contributed by atoms with Gasteiger partial charge in [-0.1, -0.05) is 12.1 Å². The highest BCUT2D eigenvalue weighted by atomic mass is 32.1. The zero-order chi connectivity index (χ0) is 21.9. The number of rotatable bonds is 6. The number of thiophene rings is 1. The van der Waals surface area contributed by atoms with Gasteiger partial charge in [-0.05, 0) is 43.5 Å². The molecule has 0 saturated carbocycles. The molecule has 3 rings (SSSR count). The molecule has 3 aromatic rings. The van der Waals surface area contributed by atoms with Gasteiger partial charge in [-0.25, -0.2) is 14.3 Å². The van der Waals surface area contributed by atoms with Crippen molar-refractivity contribution in [1.29, 1.82) is 0 Å². The number of hydrogen-bond donors (Lipinski definition) is 0. The van der Waals surface area contributed by atoms with Crippen molar-refractivity contribution in [2.45, 2.75) is 26.1 Å². The van der Waals surface area contributed by atoms with Crippen molar-refractivity contribution in [3.8, 4) is 16.4 Å². The molecule has 2 heterocycles. The number of ether oxygens (including phenoxy) is 2. The number of carbonyl (C=O) groups excluding carboxylic acids is 2. The number of carbonyl (C=O) groups is 2. The van der Waals surface area contributed by atoms with Gasteiger partial charge < -0.3 is 9.47 Å². The number of hydrogen-bond acceptors (Lipinski definition) is 7. The average molecular weight is 439 g/mol. The smallest absolute Gasteiger partial charge is 0.416 e. The Kier molecular flexibility index (Phi) is 6.20. The lowest BCUT2D eigenvalue weighted by atomic mass is 10.2. The number of nitrogens with zero attached hydrogens (tertiary/aromatic N) is 3. The zero-order valence-corrected chi connectivity index (χ0v) is 16.7. The Hall–Kier alpha value is -3.21. The molecule has 11 heteroatoms. The minimum Gasteiger partial charge on any atom is -0.460 e. The number of esters is 2. The summed E-state index contributed by atoms with van der Waals surface area (Å²) >= 11 is 1.27. The lowest BCUT2D eigenvalue weighted by Crippen LogP contribution is -2.20. The normalized spacial score (nSPS) is 11.5. The molecule has 0 unspecified atom stereocenters. The molecular weight excluding hydrogens is 423 g/mol. The van der Waals surface area contributed by atoms with Crippen LogP contribution >= 0.6 is 11.3 Å². The minimum atomic E-state index is -4.54. The second-order valence-electron chi connectivity index (χ2n) is 6.31. The van der Waals surface area contributed by atoms with Crippen LogP contribution in [0.3, 0.4) is 0 Å². The third kappa shape index (κ3) is 5.03. The van der Waals surface area contributed by atoms with Crippen molar-refractivity contribution in [3.63, 3.8) is 0 Å². The Balaban J connectivity index is 1.93. The van der Waals surface area contributed by atoms with Crippen LogP contribution in [0.2, 0.25) is 0 Å². The van der Waals surface area contributed by atoms with Crippen molar-refractivity contribution in [2.24, 2.45) is 0 Å². The first kappa shape index (κ1) is 21.5. The van der Waals surface area contributed by atoms with Crippen molar-refractivity contribution in [2.75, 3.05) is 6.61 Å². The van der Waals surface area contributed by atoms with Gasteiger partial charge >= 0.3 is 18.1 Å². The largest absolute Gasteiger partial charge is 0.460 e. The molecule has 1 aromatic carbocycles. The molecule has 0 atom stereocenters. The Morgan fingerprint density at radius 1 is 1.20 bits per heavy atom. The lowest BCUT2D eigenvalue weighted by Gasteiger charge is -2.09. The van der Waals surface area contributed by atoms with E-state index in [1.54, 1.807) is 31.4 Å². The molecule has 0 aliphatic rings. The quantitative estimate of drug-likeness (QED) is 0.538. The van der Waals surface area contributed by atoms with E-state index in [1.807, 2.05) is 0 Å². The van der Waals surface area contributed by atoms with E-state index < -0.39 is 36.1 Å².